The van der Waals surface area contributed by atoms with Gasteiger partial charge in [-0.3, -0.25) is 4.90 Å². The van der Waals surface area contributed by atoms with Crippen LogP contribution in [-0.4, -0.2) is 43.9 Å². The summed E-state index contributed by atoms with van der Waals surface area (Å²) < 4.78 is 11.5. The van der Waals surface area contributed by atoms with Crippen molar-refractivity contribution in [2.75, 3.05) is 33.4 Å². The molecule has 0 aliphatic carbocycles. The zero-order valence-corrected chi connectivity index (χ0v) is 14.0. The van der Waals surface area contributed by atoms with E-state index in [1.54, 1.807) is 7.11 Å². The smallest absolute Gasteiger partial charge is 0.0736 e. The maximum atomic E-state index is 6.22. The van der Waals surface area contributed by atoms with Crippen LogP contribution in [0.15, 0.2) is 24.3 Å². The maximum Gasteiger partial charge on any atom is 0.0736 e. The van der Waals surface area contributed by atoms with Crippen LogP contribution >= 0.6 is 0 Å². The molecule has 0 radical (unpaired) electrons. The fourth-order valence-corrected chi connectivity index (χ4v) is 4.05. The van der Waals surface area contributed by atoms with Crippen molar-refractivity contribution < 1.29 is 9.47 Å². The molecule has 0 amide bonds. The molecule has 0 saturated carbocycles. The summed E-state index contributed by atoms with van der Waals surface area (Å²) >= 11 is 0. The van der Waals surface area contributed by atoms with Crippen molar-refractivity contribution >= 4 is 0 Å². The molecule has 2 saturated heterocycles. The molecule has 0 N–H and O–H groups in total. The van der Waals surface area contributed by atoms with Crippen molar-refractivity contribution in [3.63, 3.8) is 0 Å². The van der Waals surface area contributed by atoms with Crippen LogP contribution in [0.2, 0.25) is 0 Å². The number of hydrogen-bond acceptors (Lipinski definition) is 3. The SMILES string of the molecule is COCCC1CCOC12CCN(Cc1ccc(C)cc1)CC2. The van der Waals surface area contributed by atoms with Gasteiger partial charge in [-0.25, -0.2) is 0 Å². The number of methoxy groups -OCH3 is 1. The second-order valence-electron chi connectivity index (χ2n) is 6.94. The van der Waals surface area contributed by atoms with Crippen LogP contribution in [0.25, 0.3) is 0 Å². The number of nitrogens with zero attached hydrogens (tertiary/aromatic N) is 1. The first-order valence-electron chi connectivity index (χ1n) is 8.63. The van der Waals surface area contributed by atoms with E-state index in [0.29, 0.717) is 5.92 Å². The van der Waals surface area contributed by atoms with Crippen molar-refractivity contribution in [3.8, 4) is 0 Å². The fraction of sp³-hybridized carbons (Fsp3) is 0.684. The summed E-state index contributed by atoms with van der Waals surface area (Å²) in [5.74, 6) is 0.689. The molecule has 1 aromatic rings. The molecule has 3 heteroatoms. The van der Waals surface area contributed by atoms with E-state index in [1.165, 1.54) is 30.4 Å². The molecule has 2 fully saturated rings. The van der Waals surface area contributed by atoms with E-state index in [1.807, 2.05) is 0 Å². The lowest BCUT2D eigenvalue weighted by Crippen LogP contribution is -2.47. The number of ether oxygens (including phenoxy) is 2. The molecule has 2 heterocycles. The number of likely N-dealkylation sites (tertiary alicyclic amines) is 1. The van der Waals surface area contributed by atoms with E-state index in [-0.39, 0.29) is 5.60 Å². The summed E-state index contributed by atoms with van der Waals surface area (Å²) in [4.78, 5) is 2.57. The Morgan fingerprint density at radius 3 is 2.64 bits per heavy atom. The summed E-state index contributed by atoms with van der Waals surface area (Å²) in [6.45, 7) is 7.31. The Bertz CT molecular complexity index is 463. The normalized spacial score (nSPS) is 24.9. The molecule has 2 aliphatic rings. The average molecular weight is 303 g/mol. The molecule has 122 valence electrons. The van der Waals surface area contributed by atoms with Crippen molar-refractivity contribution in [2.24, 2.45) is 5.92 Å². The highest BCUT2D eigenvalue weighted by Gasteiger charge is 2.45. The fourth-order valence-electron chi connectivity index (χ4n) is 4.05. The van der Waals surface area contributed by atoms with Crippen LogP contribution in [0.4, 0.5) is 0 Å². The van der Waals surface area contributed by atoms with Crippen LogP contribution in [0, 0.1) is 12.8 Å². The predicted molar refractivity (Wildman–Crippen MR) is 89.0 cm³/mol. The average Bonchev–Trinajstić information content (AvgIpc) is 2.92. The Balaban J connectivity index is 1.54. The third kappa shape index (κ3) is 3.53. The molecule has 0 bridgehead atoms. The molecule has 2 aliphatic heterocycles. The van der Waals surface area contributed by atoms with Crippen molar-refractivity contribution in [3.05, 3.63) is 35.4 Å². The van der Waals surface area contributed by atoms with Gasteiger partial charge in [-0.15, -0.1) is 0 Å². The van der Waals surface area contributed by atoms with E-state index in [2.05, 4.69) is 36.1 Å². The molecule has 3 nitrogen and oxygen atoms in total. The summed E-state index contributed by atoms with van der Waals surface area (Å²) in [5, 5.41) is 0. The molecule has 0 aromatic heterocycles. The van der Waals surface area contributed by atoms with E-state index < -0.39 is 0 Å². The Labute approximate surface area is 134 Å². The van der Waals surface area contributed by atoms with Gasteiger partial charge in [0.2, 0.25) is 0 Å². The zero-order valence-electron chi connectivity index (χ0n) is 14.0. The summed E-state index contributed by atoms with van der Waals surface area (Å²) in [7, 11) is 1.80. The molecule has 1 spiro atoms. The lowest BCUT2D eigenvalue weighted by atomic mass is 9.78. The van der Waals surface area contributed by atoms with Gasteiger partial charge in [0.25, 0.3) is 0 Å². The predicted octanol–water partition coefficient (Wildman–Crippen LogP) is 3.40. The van der Waals surface area contributed by atoms with Gasteiger partial charge in [0.05, 0.1) is 5.60 Å². The van der Waals surface area contributed by atoms with E-state index in [4.69, 9.17) is 9.47 Å². The highest BCUT2D eigenvalue weighted by atomic mass is 16.5. The minimum Gasteiger partial charge on any atom is -0.385 e. The highest BCUT2D eigenvalue weighted by molar-refractivity contribution is 5.21. The second-order valence-corrected chi connectivity index (χ2v) is 6.94. The van der Waals surface area contributed by atoms with Gasteiger partial charge in [0, 0.05) is 40.0 Å². The first-order chi connectivity index (χ1) is 10.7. The van der Waals surface area contributed by atoms with Crippen molar-refractivity contribution in [1.29, 1.82) is 0 Å². The Kier molecular flexibility index (Phi) is 5.17. The maximum absolute atomic E-state index is 6.22. The Morgan fingerprint density at radius 1 is 1.23 bits per heavy atom. The van der Waals surface area contributed by atoms with Crippen LogP contribution in [0.3, 0.4) is 0 Å². The van der Waals surface area contributed by atoms with E-state index in [0.717, 1.165) is 39.3 Å². The standard InChI is InChI=1S/C19H29NO2/c1-16-3-5-17(6-4-16)15-20-11-9-19(10-12-20)18(7-13-21-2)8-14-22-19/h3-6,18H,7-15H2,1-2H3. The monoisotopic (exact) mass is 303 g/mol. The van der Waals surface area contributed by atoms with Gasteiger partial charge < -0.3 is 9.47 Å². The molecule has 3 rings (SSSR count). The topological polar surface area (TPSA) is 21.7 Å². The van der Waals surface area contributed by atoms with E-state index >= 15 is 0 Å². The van der Waals surface area contributed by atoms with Gasteiger partial charge >= 0.3 is 0 Å². The molecule has 1 atom stereocenters. The lowest BCUT2D eigenvalue weighted by Gasteiger charge is -2.42. The van der Waals surface area contributed by atoms with Crippen molar-refractivity contribution in [1.82, 2.24) is 4.90 Å². The minimum absolute atomic E-state index is 0.141. The number of aryl methyl sites for hydroxylation is 1. The first kappa shape index (κ1) is 16.0. The van der Waals surface area contributed by atoms with Crippen LogP contribution < -0.4 is 0 Å². The zero-order chi connectivity index (χ0) is 15.4. The molecule has 22 heavy (non-hydrogen) atoms. The Hall–Kier alpha value is -0.900. The van der Waals surface area contributed by atoms with Gasteiger partial charge in [-0.05, 0) is 44.1 Å². The number of piperidine rings is 1. The van der Waals surface area contributed by atoms with Crippen LogP contribution in [0.1, 0.15) is 36.8 Å². The van der Waals surface area contributed by atoms with Crippen LogP contribution in [-0.2, 0) is 16.0 Å². The Morgan fingerprint density at radius 2 is 1.95 bits per heavy atom. The number of hydrogen-bond donors (Lipinski definition) is 0. The second kappa shape index (κ2) is 7.12. The molecule has 1 aromatic carbocycles. The molecular weight excluding hydrogens is 274 g/mol. The first-order valence-corrected chi connectivity index (χ1v) is 8.63. The highest BCUT2D eigenvalue weighted by Crippen LogP contribution is 2.42. The third-order valence-corrected chi connectivity index (χ3v) is 5.50. The lowest BCUT2D eigenvalue weighted by molar-refractivity contribution is -0.0721. The number of benzene rings is 1. The summed E-state index contributed by atoms with van der Waals surface area (Å²) in [5.41, 5.74) is 2.90. The van der Waals surface area contributed by atoms with Gasteiger partial charge in [-0.2, -0.15) is 0 Å². The molecular formula is C19H29NO2. The number of rotatable bonds is 5. The van der Waals surface area contributed by atoms with Gasteiger partial charge in [0.1, 0.15) is 0 Å². The van der Waals surface area contributed by atoms with Gasteiger partial charge in [-0.1, -0.05) is 29.8 Å². The molecule has 1 unspecified atom stereocenters. The summed E-state index contributed by atoms with van der Waals surface area (Å²) in [6, 6.07) is 8.93. The minimum atomic E-state index is 0.141. The largest absolute Gasteiger partial charge is 0.385 e. The van der Waals surface area contributed by atoms with Crippen LogP contribution in [0.5, 0.6) is 0 Å². The summed E-state index contributed by atoms with van der Waals surface area (Å²) in [6.07, 6.45) is 4.70. The van der Waals surface area contributed by atoms with Crippen molar-refractivity contribution in [2.45, 2.75) is 44.8 Å². The van der Waals surface area contributed by atoms with E-state index in [9.17, 15) is 0 Å². The quantitative estimate of drug-likeness (QED) is 0.832. The van der Waals surface area contributed by atoms with Gasteiger partial charge in [0.15, 0.2) is 0 Å². The third-order valence-electron chi connectivity index (χ3n) is 5.50.